The van der Waals surface area contributed by atoms with Crippen molar-refractivity contribution in [2.75, 3.05) is 11.6 Å². The second-order valence-corrected chi connectivity index (χ2v) is 6.46. The molecule has 1 aliphatic heterocycles. The summed E-state index contributed by atoms with van der Waals surface area (Å²) in [6.07, 6.45) is 2.73. The number of sulfonamides is 1. The van der Waals surface area contributed by atoms with Crippen LogP contribution in [0, 0.1) is 0 Å². The number of aliphatic carboxylic acids is 1. The van der Waals surface area contributed by atoms with Crippen LogP contribution in [-0.2, 0) is 21.9 Å². The number of nitrogens with zero attached hydrogens (tertiary/aromatic N) is 3. The van der Waals surface area contributed by atoms with E-state index in [2.05, 4.69) is 4.98 Å². The van der Waals surface area contributed by atoms with E-state index in [1.54, 1.807) is 7.05 Å². The van der Waals surface area contributed by atoms with Crippen LogP contribution in [0.25, 0.3) is 0 Å². The van der Waals surface area contributed by atoms with Crippen molar-refractivity contribution in [1.82, 2.24) is 13.9 Å². The fourth-order valence-electron chi connectivity index (χ4n) is 1.50. The van der Waals surface area contributed by atoms with Gasteiger partial charge in [0.2, 0.25) is 0 Å². The zero-order chi connectivity index (χ0) is 12.6. The van der Waals surface area contributed by atoms with Crippen molar-refractivity contribution in [2.45, 2.75) is 11.1 Å². The molecule has 1 atom stereocenters. The molecule has 0 bridgehead atoms. The third-order valence-electron chi connectivity index (χ3n) is 2.38. The van der Waals surface area contributed by atoms with E-state index in [0.717, 1.165) is 4.31 Å². The Bertz CT molecular complexity index is 539. The average molecular weight is 277 g/mol. The molecule has 2 rings (SSSR count). The highest BCUT2D eigenvalue weighted by molar-refractivity contribution is 8.00. The van der Waals surface area contributed by atoms with Gasteiger partial charge in [0.05, 0.1) is 12.2 Å². The molecule has 2 heterocycles. The van der Waals surface area contributed by atoms with Gasteiger partial charge < -0.3 is 9.67 Å². The van der Waals surface area contributed by atoms with Gasteiger partial charge in [-0.1, -0.05) is 0 Å². The Hall–Kier alpha value is -1.06. The fraction of sp³-hybridized carbons (Fsp3) is 0.500. The van der Waals surface area contributed by atoms with Crippen LogP contribution >= 0.6 is 11.8 Å². The number of carboxylic acids is 1. The summed E-state index contributed by atoms with van der Waals surface area (Å²) in [5.74, 6) is -0.716. The fourth-order valence-corrected chi connectivity index (χ4v) is 4.60. The molecule has 9 heteroatoms. The largest absolute Gasteiger partial charge is 0.480 e. The normalized spacial score (nSPS) is 21.8. The van der Waals surface area contributed by atoms with Crippen LogP contribution in [0.2, 0.25) is 0 Å². The maximum atomic E-state index is 12.1. The first-order chi connectivity index (χ1) is 7.93. The summed E-state index contributed by atoms with van der Waals surface area (Å²) in [4.78, 5) is 14.7. The average Bonchev–Trinajstić information content (AvgIpc) is 2.84. The lowest BCUT2D eigenvalue weighted by Crippen LogP contribution is -2.41. The molecule has 0 amide bonds. The van der Waals surface area contributed by atoms with Crippen molar-refractivity contribution >= 4 is 27.8 Å². The summed E-state index contributed by atoms with van der Waals surface area (Å²) in [7, 11) is -2.16. The van der Waals surface area contributed by atoms with Crippen LogP contribution in [0.15, 0.2) is 17.6 Å². The van der Waals surface area contributed by atoms with Gasteiger partial charge in [0.1, 0.15) is 6.04 Å². The molecule has 17 heavy (non-hydrogen) atoms. The summed E-state index contributed by atoms with van der Waals surface area (Å²) < 4.78 is 26.8. The smallest absolute Gasteiger partial charge is 0.322 e. The van der Waals surface area contributed by atoms with Gasteiger partial charge in [-0.2, -0.15) is 4.31 Å². The Kier molecular flexibility index (Phi) is 3.15. The maximum Gasteiger partial charge on any atom is 0.322 e. The molecule has 0 saturated carbocycles. The molecule has 0 radical (unpaired) electrons. The van der Waals surface area contributed by atoms with Crippen LogP contribution in [0.5, 0.6) is 0 Å². The molecule has 1 fully saturated rings. The predicted molar refractivity (Wildman–Crippen MR) is 61.0 cm³/mol. The number of carbonyl (C=O) groups is 1. The second kappa shape index (κ2) is 4.31. The first-order valence-electron chi connectivity index (χ1n) is 4.73. The van der Waals surface area contributed by atoms with Crippen LogP contribution < -0.4 is 0 Å². The van der Waals surface area contributed by atoms with E-state index in [0.29, 0.717) is 0 Å². The van der Waals surface area contributed by atoms with Crippen molar-refractivity contribution < 1.29 is 18.3 Å². The summed E-state index contributed by atoms with van der Waals surface area (Å²) in [6.45, 7) is 0. The Morgan fingerprint density at radius 2 is 2.35 bits per heavy atom. The van der Waals surface area contributed by atoms with E-state index in [1.165, 1.54) is 28.9 Å². The van der Waals surface area contributed by atoms with Gasteiger partial charge in [-0.05, 0) is 0 Å². The van der Waals surface area contributed by atoms with E-state index in [1.807, 2.05) is 0 Å². The van der Waals surface area contributed by atoms with E-state index in [9.17, 15) is 13.2 Å². The monoisotopic (exact) mass is 277 g/mol. The lowest BCUT2D eigenvalue weighted by molar-refractivity contribution is -0.140. The Morgan fingerprint density at radius 1 is 1.65 bits per heavy atom. The Labute approximate surface area is 102 Å². The summed E-state index contributed by atoms with van der Waals surface area (Å²) in [6, 6.07) is -1.01. The molecule has 1 aromatic rings. The maximum absolute atomic E-state index is 12.1. The third-order valence-corrected chi connectivity index (χ3v) is 5.30. The zero-order valence-corrected chi connectivity index (χ0v) is 10.6. The quantitative estimate of drug-likeness (QED) is 0.806. The van der Waals surface area contributed by atoms with Gasteiger partial charge in [-0.15, -0.1) is 11.8 Å². The molecule has 0 unspecified atom stereocenters. The minimum absolute atomic E-state index is 0.117. The first-order valence-corrected chi connectivity index (χ1v) is 7.33. The van der Waals surface area contributed by atoms with Crippen molar-refractivity contribution in [1.29, 1.82) is 0 Å². The molecule has 1 aromatic heterocycles. The summed E-state index contributed by atoms with van der Waals surface area (Å²) in [5.41, 5.74) is 0. The van der Waals surface area contributed by atoms with Crippen molar-refractivity contribution in [3.63, 3.8) is 0 Å². The van der Waals surface area contributed by atoms with Crippen LogP contribution in [0.3, 0.4) is 0 Å². The highest BCUT2D eigenvalue weighted by Gasteiger charge is 2.40. The van der Waals surface area contributed by atoms with Gasteiger partial charge in [-0.3, -0.25) is 4.79 Å². The minimum atomic E-state index is -3.81. The lowest BCUT2D eigenvalue weighted by atomic mass is 10.4. The van der Waals surface area contributed by atoms with Gasteiger partial charge in [-0.25, -0.2) is 13.4 Å². The molecule has 0 aliphatic carbocycles. The molecular weight excluding hydrogens is 266 g/mol. The predicted octanol–water partition coefficient (Wildman–Crippen LogP) is -0.432. The zero-order valence-electron chi connectivity index (χ0n) is 8.98. The summed E-state index contributed by atoms with van der Waals surface area (Å²) in [5, 5.41) is 8.84. The van der Waals surface area contributed by atoms with Crippen LogP contribution in [0.1, 0.15) is 0 Å². The first kappa shape index (κ1) is 12.4. The van der Waals surface area contributed by atoms with E-state index in [-0.39, 0.29) is 16.7 Å². The molecule has 0 aromatic carbocycles. The van der Waals surface area contributed by atoms with Gasteiger partial charge in [0, 0.05) is 19.0 Å². The topological polar surface area (TPSA) is 92.5 Å². The Balaban J connectivity index is 2.36. The van der Waals surface area contributed by atoms with Crippen LogP contribution in [0.4, 0.5) is 0 Å². The van der Waals surface area contributed by atoms with E-state index in [4.69, 9.17) is 5.11 Å². The number of hydrogen-bond donors (Lipinski definition) is 1. The number of imidazole rings is 1. The highest BCUT2D eigenvalue weighted by atomic mass is 32.2. The molecule has 0 spiro atoms. The third kappa shape index (κ3) is 2.17. The number of thioether (sulfide) groups is 1. The number of carboxylic acid groups (broad SMARTS) is 1. The second-order valence-electron chi connectivity index (χ2n) is 3.62. The Morgan fingerprint density at radius 3 is 2.88 bits per heavy atom. The highest BCUT2D eigenvalue weighted by Crippen LogP contribution is 2.27. The van der Waals surface area contributed by atoms with Gasteiger partial charge in [0.15, 0.2) is 5.03 Å². The minimum Gasteiger partial charge on any atom is -0.480 e. The number of rotatable bonds is 3. The van der Waals surface area contributed by atoms with Crippen LogP contribution in [-0.4, -0.2) is 51.0 Å². The molecule has 1 saturated heterocycles. The summed E-state index contributed by atoms with van der Waals surface area (Å²) >= 11 is 1.28. The molecule has 7 nitrogen and oxygen atoms in total. The molecule has 1 N–H and O–H groups in total. The van der Waals surface area contributed by atoms with E-state index >= 15 is 0 Å². The van der Waals surface area contributed by atoms with Crippen molar-refractivity contribution in [3.05, 3.63) is 12.5 Å². The number of hydrogen-bond acceptors (Lipinski definition) is 5. The number of aryl methyl sites for hydroxylation is 1. The van der Waals surface area contributed by atoms with Gasteiger partial charge in [0.25, 0.3) is 10.0 Å². The van der Waals surface area contributed by atoms with Crippen molar-refractivity contribution in [2.24, 2.45) is 7.05 Å². The van der Waals surface area contributed by atoms with Crippen molar-refractivity contribution in [3.8, 4) is 0 Å². The van der Waals surface area contributed by atoms with E-state index < -0.39 is 22.0 Å². The SMILES string of the molecule is Cn1cnc(S(=O)(=O)N2CSC[C@H]2C(=O)O)c1. The molecular formula is C8H11N3O4S2. The molecule has 1 aliphatic rings. The van der Waals surface area contributed by atoms with Gasteiger partial charge >= 0.3 is 5.97 Å². The number of aromatic nitrogens is 2. The lowest BCUT2D eigenvalue weighted by Gasteiger charge is -2.18. The standard InChI is InChI=1S/C8H11N3O4S2/c1-10-2-7(9-4-10)17(14,15)11-5-16-3-6(11)8(12)13/h2,4,6H,3,5H2,1H3,(H,12,13)/t6-/m0/s1. The molecule has 94 valence electrons.